The van der Waals surface area contributed by atoms with Crippen LogP contribution in [0.5, 0.6) is 0 Å². The molecule has 1 amide bonds. The molecule has 3 rings (SSSR count). The van der Waals surface area contributed by atoms with Gasteiger partial charge in [0.1, 0.15) is 5.82 Å². The van der Waals surface area contributed by atoms with Crippen molar-refractivity contribution in [3.05, 3.63) is 59.7 Å². The molecule has 0 fully saturated rings. The Morgan fingerprint density at radius 1 is 1.07 bits per heavy atom. The minimum Gasteiger partial charge on any atom is -0.323 e. The molecule has 0 aliphatic carbocycles. The van der Waals surface area contributed by atoms with Crippen LogP contribution in [-0.2, 0) is 4.79 Å². The summed E-state index contributed by atoms with van der Waals surface area (Å²) in [7, 11) is 0. The van der Waals surface area contributed by atoms with Crippen molar-refractivity contribution in [2.24, 2.45) is 0 Å². The Balaban J connectivity index is 1.69. The van der Waals surface area contributed by atoms with Crippen molar-refractivity contribution in [2.45, 2.75) is 17.3 Å². The SMILES string of the molecule is C[C@H](Sc1n[nH]c(-c2ccccc2F)n1)C(=O)Nc1ccc(F)c(F)c1F. The second kappa shape index (κ2) is 7.78. The summed E-state index contributed by atoms with van der Waals surface area (Å²) in [6.45, 7) is 1.50. The second-order valence-corrected chi connectivity index (χ2v) is 6.73. The lowest BCUT2D eigenvalue weighted by Gasteiger charge is -2.11. The van der Waals surface area contributed by atoms with Gasteiger partial charge in [0.2, 0.25) is 11.1 Å². The Morgan fingerprint density at radius 3 is 2.56 bits per heavy atom. The highest BCUT2D eigenvalue weighted by Crippen LogP contribution is 2.26. The molecule has 5 nitrogen and oxygen atoms in total. The fourth-order valence-electron chi connectivity index (χ4n) is 2.14. The number of carbonyl (C=O) groups excluding carboxylic acids is 1. The van der Waals surface area contributed by atoms with Gasteiger partial charge < -0.3 is 5.32 Å². The minimum atomic E-state index is -1.67. The third-order valence-electron chi connectivity index (χ3n) is 3.54. The van der Waals surface area contributed by atoms with Crippen LogP contribution in [0.15, 0.2) is 41.6 Å². The van der Waals surface area contributed by atoms with Crippen LogP contribution < -0.4 is 5.32 Å². The maximum Gasteiger partial charge on any atom is 0.237 e. The van der Waals surface area contributed by atoms with Crippen LogP contribution >= 0.6 is 11.8 Å². The second-order valence-electron chi connectivity index (χ2n) is 5.42. The quantitative estimate of drug-likeness (QED) is 0.386. The van der Waals surface area contributed by atoms with Crippen molar-refractivity contribution >= 4 is 23.4 Å². The van der Waals surface area contributed by atoms with E-state index in [1.807, 2.05) is 0 Å². The van der Waals surface area contributed by atoms with Crippen molar-refractivity contribution in [1.82, 2.24) is 15.2 Å². The number of nitrogens with zero attached hydrogens (tertiary/aromatic N) is 2. The minimum absolute atomic E-state index is 0.168. The van der Waals surface area contributed by atoms with Gasteiger partial charge in [-0.3, -0.25) is 9.89 Å². The first-order valence-corrected chi connectivity index (χ1v) is 8.53. The zero-order valence-electron chi connectivity index (χ0n) is 13.8. The highest BCUT2D eigenvalue weighted by Gasteiger charge is 2.21. The van der Waals surface area contributed by atoms with E-state index in [2.05, 4.69) is 20.5 Å². The van der Waals surface area contributed by atoms with Crippen LogP contribution in [0.4, 0.5) is 23.2 Å². The number of aromatic amines is 1. The van der Waals surface area contributed by atoms with E-state index < -0.39 is 40.1 Å². The van der Waals surface area contributed by atoms with Crippen LogP contribution in [0.2, 0.25) is 0 Å². The zero-order chi connectivity index (χ0) is 19.6. The zero-order valence-corrected chi connectivity index (χ0v) is 14.6. The largest absolute Gasteiger partial charge is 0.323 e. The molecule has 0 saturated carbocycles. The highest BCUT2D eigenvalue weighted by molar-refractivity contribution is 8.00. The number of benzene rings is 2. The molecule has 140 valence electrons. The molecule has 0 unspecified atom stereocenters. The molecule has 0 spiro atoms. The van der Waals surface area contributed by atoms with E-state index in [9.17, 15) is 22.4 Å². The molecule has 10 heteroatoms. The standard InChI is InChI=1S/C17H12F4N4OS/c1-8(16(26)22-12-7-6-11(19)13(20)14(12)21)27-17-23-15(24-25-17)9-4-2-3-5-10(9)18/h2-8H,1H3,(H,22,26)(H,23,24,25)/t8-/m0/s1. The lowest BCUT2D eigenvalue weighted by molar-refractivity contribution is -0.115. The molecule has 0 bridgehead atoms. The van der Waals surface area contributed by atoms with E-state index in [0.717, 1.165) is 17.8 Å². The molecule has 0 saturated heterocycles. The van der Waals surface area contributed by atoms with Gasteiger partial charge in [-0.05, 0) is 31.2 Å². The van der Waals surface area contributed by atoms with E-state index in [0.29, 0.717) is 6.07 Å². The normalized spacial score (nSPS) is 12.0. The maximum atomic E-state index is 13.8. The topological polar surface area (TPSA) is 70.7 Å². The molecule has 1 atom stereocenters. The lowest BCUT2D eigenvalue weighted by atomic mass is 10.2. The average Bonchev–Trinajstić information content (AvgIpc) is 3.10. The fourth-order valence-corrected chi connectivity index (χ4v) is 2.87. The molecular formula is C17H12F4N4OS. The first kappa shape index (κ1) is 18.9. The number of anilines is 1. The molecule has 1 heterocycles. The van der Waals surface area contributed by atoms with Gasteiger partial charge >= 0.3 is 0 Å². The van der Waals surface area contributed by atoms with Crippen molar-refractivity contribution in [3.63, 3.8) is 0 Å². The van der Waals surface area contributed by atoms with Crippen molar-refractivity contribution in [1.29, 1.82) is 0 Å². The Kier molecular flexibility index (Phi) is 5.45. The number of rotatable bonds is 5. The van der Waals surface area contributed by atoms with Gasteiger partial charge in [0, 0.05) is 0 Å². The summed E-state index contributed by atoms with van der Waals surface area (Å²) < 4.78 is 53.6. The van der Waals surface area contributed by atoms with Crippen LogP contribution in [0.25, 0.3) is 11.4 Å². The van der Waals surface area contributed by atoms with Crippen molar-refractivity contribution < 1.29 is 22.4 Å². The Hall–Kier alpha value is -2.88. The number of thioether (sulfide) groups is 1. The molecule has 0 aliphatic heterocycles. The third-order valence-corrected chi connectivity index (χ3v) is 4.50. The van der Waals surface area contributed by atoms with Gasteiger partial charge in [-0.1, -0.05) is 23.9 Å². The predicted molar refractivity (Wildman–Crippen MR) is 92.0 cm³/mol. The average molecular weight is 396 g/mol. The molecule has 2 aromatic carbocycles. The van der Waals surface area contributed by atoms with Gasteiger partial charge in [-0.15, -0.1) is 5.10 Å². The number of halogens is 4. The molecule has 1 aromatic heterocycles. The Labute approximate surface area is 155 Å². The smallest absolute Gasteiger partial charge is 0.237 e. The van der Waals surface area contributed by atoms with Gasteiger partial charge in [0.25, 0.3) is 0 Å². The monoisotopic (exact) mass is 396 g/mol. The van der Waals surface area contributed by atoms with Gasteiger partial charge in [-0.25, -0.2) is 22.5 Å². The van der Waals surface area contributed by atoms with E-state index in [4.69, 9.17) is 0 Å². The number of H-pyrrole nitrogens is 1. The fraction of sp³-hybridized carbons (Fsp3) is 0.118. The molecule has 3 aromatic rings. The van der Waals surface area contributed by atoms with Crippen LogP contribution in [0.3, 0.4) is 0 Å². The summed E-state index contributed by atoms with van der Waals surface area (Å²) in [5.74, 6) is -5.46. The summed E-state index contributed by atoms with van der Waals surface area (Å²) in [5, 5.41) is 8.03. The first-order valence-electron chi connectivity index (χ1n) is 7.65. The number of carbonyl (C=O) groups is 1. The highest BCUT2D eigenvalue weighted by atomic mass is 32.2. The predicted octanol–water partition coefficient (Wildman–Crippen LogP) is 4.15. The first-order chi connectivity index (χ1) is 12.9. The third kappa shape index (κ3) is 4.11. The molecule has 0 radical (unpaired) electrons. The van der Waals surface area contributed by atoms with Gasteiger partial charge in [-0.2, -0.15) is 0 Å². The molecular weight excluding hydrogens is 384 g/mol. The van der Waals surface area contributed by atoms with E-state index >= 15 is 0 Å². The summed E-state index contributed by atoms with van der Waals surface area (Å²) in [4.78, 5) is 16.3. The van der Waals surface area contributed by atoms with Crippen LogP contribution in [0.1, 0.15) is 6.92 Å². The summed E-state index contributed by atoms with van der Waals surface area (Å²) >= 11 is 0.927. The number of hydrogen-bond acceptors (Lipinski definition) is 4. The summed E-state index contributed by atoms with van der Waals surface area (Å²) in [6.07, 6.45) is 0. The number of hydrogen-bond donors (Lipinski definition) is 2. The van der Waals surface area contributed by atoms with E-state index in [-0.39, 0.29) is 16.5 Å². The van der Waals surface area contributed by atoms with E-state index in [1.165, 1.54) is 25.1 Å². The maximum absolute atomic E-state index is 13.8. The number of aromatic nitrogens is 3. The summed E-state index contributed by atoms with van der Waals surface area (Å²) in [6, 6.07) is 7.60. The van der Waals surface area contributed by atoms with Crippen molar-refractivity contribution in [2.75, 3.05) is 5.32 Å². The van der Waals surface area contributed by atoms with E-state index in [1.54, 1.807) is 6.07 Å². The molecule has 2 N–H and O–H groups in total. The molecule has 27 heavy (non-hydrogen) atoms. The summed E-state index contributed by atoms with van der Waals surface area (Å²) in [5.41, 5.74) is -0.258. The van der Waals surface area contributed by atoms with Gasteiger partial charge in [0.15, 0.2) is 23.3 Å². The number of nitrogens with one attached hydrogen (secondary N) is 2. The Bertz CT molecular complexity index is 995. The lowest BCUT2D eigenvalue weighted by Crippen LogP contribution is -2.23. The van der Waals surface area contributed by atoms with Crippen LogP contribution in [0, 0.1) is 23.3 Å². The molecule has 0 aliphatic rings. The number of amides is 1. The van der Waals surface area contributed by atoms with Crippen molar-refractivity contribution in [3.8, 4) is 11.4 Å². The Morgan fingerprint density at radius 2 is 1.81 bits per heavy atom. The van der Waals surface area contributed by atoms with Gasteiger partial charge in [0.05, 0.1) is 16.5 Å². The van der Waals surface area contributed by atoms with Crippen LogP contribution in [-0.4, -0.2) is 26.3 Å².